The molecule has 0 saturated carbocycles. The van der Waals surface area contributed by atoms with Crippen LogP contribution in [0, 0.1) is 0 Å². The summed E-state index contributed by atoms with van der Waals surface area (Å²) in [6.07, 6.45) is 1.87. The van der Waals surface area contributed by atoms with E-state index >= 15 is 0 Å². The molecule has 2 rings (SSSR count). The lowest BCUT2D eigenvalue weighted by molar-refractivity contribution is -0.0501. The molecule has 1 amide bonds. The van der Waals surface area contributed by atoms with Crippen LogP contribution >= 0.6 is 0 Å². The number of nitrogens with one attached hydrogen (secondary N) is 2. The Hall–Kier alpha value is -1.69. The zero-order chi connectivity index (χ0) is 13.7. The SMILES string of the molecule is O=C(N[C@@H]1CCCNC1)c1ccccc1OC(F)F. The zero-order valence-electron chi connectivity index (χ0n) is 10.4. The highest BCUT2D eigenvalue weighted by molar-refractivity contribution is 5.97. The largest absolute Gasteiger partial charge is 0.434 e. The molecule has 0 aromatic heterocycles. The van der Waals surface area contributed by atoms with Crippen molar-refractivity contribution in [2.45, 2.75) is 25.5 Å². The molecule has 0 bridgehead atoms. The first-order valence-corrected chi connectivity index (χ1v) is 6.22. The number of para-hydroxylation sites is 1. The Bertz CT molecular complexity index is 434. The highest BCUT2D eigenvalue weighted by Gasteiger charge is 2.19. The van der Waals surface area contributed by atoms with Crippen molar-refractivity contribution >= 4 is 5.91 Å². The van der Waals surface area contributed by atoms with Crippen molar-refractivity contribution in [2.24, 2.45) is 0 Å². The maximum atomic E-state index is 12.3. The minimum absolute atomic E-state index is 0.0286. The predicted octanol–water partition coefficient (Wildman–Crippen LogP) is 1.77. The smallest absolute Gasteiger partial charge is 0.387 e. The molecule has 2 N–H and O–H groups in total. The Morgan fingerprint density at radius 1 is 1.42 bits per heavy atom. The Balaban J connectivity index is 2.05. The molecule has 1 aromatic rings. The fourth-order valence-corrected chi connectivity index (χ4v) is 2.09. The Labute approximate surface area is 110 Å². The summed E-state index contributed by atoms with van der Waals surface area (Å²) in [4.78, 5) is 12.1. The average molecular weight is 270 g/mol. The van der Waals surface area contributed by atoms with E-state index in [1.54, 1.807) is 12.1 Å². The van der Waals surface area contributed by atoms with E-state index in [0.717, 1.165) is 19.4 Å². The number of piperidine rings is 1. The lowest BCUT2D eigenvalue weighted by Gasteiger charge is -2.24. The highest BCUT2D eigenvalue weighted by atomic mass is 19.3. The quantitative estimate of drug-likeness (QED) is 0.876. The fourth-order valence-electron chi connectivity index (χ4n) is 2.09. The molecule has 1 heterocycles. The zero-order valence-corrected chi connectivity index (χ0v) is 10.4. The Morgan fingerprint density at radius 2 is 2.21 bits per heavy atom. The molecule has 1 aromatic carbocycles. The van der Waals surface area contributed by atoms with Gasteiger partial charge in [0, 0.05) is 12.6 Å². The third kappa shape index (κ3) is 3.89. The van der Waals surface area contributed by atoms with Crippen LogP contribution in [-0.4, -0.2) is 31.7 Å². The van der Waals surface area contributed by atoms with Gasteiger partial charge >= 0.3 is 6.61 Å². The molecule has 19 heavy (non-hydrogen) atoms. The molecule has 0 radical (unpaired) electrons. The Kier molecular flexibility index (Phi) is 4.68. The van der Waals surface area contributed by atoms with Crippen LogP contribution < -0.4 is 15.4 Å². The maximum absolute atomic E-state index is 12.3. The number of ether oxygens (including phenoxy) is 1. The minimum Gasteiger partial charge on any atom is -0.434 e. The van der Waals surface area contributed by atoms with Crippen molar-refractivity contribution in [3.05, 3.63) is 29.8 Å². The number of hydrogen-bond donors (Lipinski definition) is 2. The second-order valence-electron chi connectivity index (χ2n) is 4.39. The lowest BCUT2D eigenvalue weighted by atomic mass is 10.1. The summed E-state index contributed by atoms with van der Waals surface area (Å²) in [7, 11) is 0. The van der Waals surface area contributed by atoms with Crippen molar-refractivity contribution in [3.8, 4) is 5.75 Å². The molecular formula is C13H16F2N2O2. The van der Waals surface area contributed by atoms with Gasteiger partial charge in [-0.05, 0) is 31.5 Å². The van der Waals surface area contributed by atoms with Gasteiger partial charge in [-0.2, -0.15) is 8.78 Å². The van der Waals surface area contributed by atoms with E-state index in [0.29, 0.717) is 6.54 Å². The highest BCUT2D eigenvalue weighted by Crippen LogP contribution is 2.20. The van der Waals surface area contributed by atoms with Crippen LogP contribution in [0.4, 0.5) is 8.78 Å². The van der Waals surface area contributed by atoms with Gasteiger partial charge in [0.1, 0.15) is 5.75 Å². The number of carbonyl (C=O) groups is 1. The Morgan fingerprint density at radius 3 is 2.89 bits per heavy atom. The van der Waals surface area contributed by atoms with Crippen LogP contribution in [0.1, 0.15) is 23.2 Å². The minimum atomic E-state index is -2.94. The molecule has 1 aliphatic heterocycles. The van der Waals surface area contributed by atoms with Gasteiger partial charge in [-0.15, -0.1) is 0 Å². The van der Waals surface area contributed by atoms with E-state index in [9.17, 15) is 13.6 Å². The lowest BCUT2D eigenvalue weighted by Crippen LogP contribution is -2.45. The summed E-state index contributed by atoms with van der Waals surface area (Å²) in [5.74, 6) is -0.483. The molecule has 1 atom stereocenters. The van der Waals surface area contributed by atoms with Crippen LogP contribution in [-0.2, 0) is 0 Å². The van der Waals surface area contributed by atoms with Gasteiger partial charge in [0.15, 0.2) is 0 Å². The van der Waals surface area contributed by atoms with E-state index < -0.39 is 6.61 Å². The van der Waals surface area contributed by atoms with E-state index in [1.807, 2.05) is 0 Å². The van der Waals surface area contributed by atoms with Crippen molar-refractivity contribution in [3.63, 3.8) is 0 Å². The van der Waals surface area contributed by atoms with E-state index in [4.69, 9.17) is 0 Å². The number of rotatable bonds is 4. The van der Waals surface area contributed by atoms with Gasteiger partial charge in [-0.25, -0.2) is 0 Å². The molecule has 4 nitrogen and oxygen atoms in total. The third-order valence-electron chi connectivity index (χ3n) is 2.98. The number of hydrogen-bond acceptors (Lipinski definition) is 3. The summed E-state index contributed by atoms with van der Waals surface area (Å²) in [5, 5.41) is 5.99. The monoisotopic (exact) mass is 270 g/mol. The van der Waals surface area contributed by atoms with E-state index in [1.165, 1.54) is 12.1 Å². The number of halogens is 2. The fraction of sp³-hybridized carbons (Fsp3) is 0.462. The summed E-state index contributed by atoms with van der Waals surface area (Å²) < 4.78 is 28.9. The average Bonchev–Trinajstić information content (AvgIpc) is 2.39. The first-order valence-electron chi connectivity index (χ1n) is 6.22. The summed E-state index contributed by atoms with van der Waals surface area (Å²) in [5.41, 5.74) is 0.133. The third-order valence-corrected chi connectivity index (χ3v) is 2.98. The van der Waals surface area contributed by atoms with Crippen molar-refractivity contribution in [1.29, 1.82) is 0 Å². The molecule has 1 fully saturated rings. The van der Waals surface area contributed by atoms with Gasteiger partial charge in [-0.1, -0.05) is 12.1 Å². The molecule has 0 aliphatic carbocycles. The molecule has 6 heteroatoms. The maximum Gasteiger partial charge on any atom is 0.387 e. The van der Waals surface area contributed by atoms with E-state index in [2.05, 4.69) is 15.4 Å². The topological polar surface area (TPSA) is 50.4 Å². The van der Waals surface area contributed by atoms with Crippen molar-refractivity contribution in [1.82, 2.24) is 10.6 Å². The molecule has 0 unspecified atom stereocenters. The molecular weight excluding hydrogens is 254 g/mol. The van der Waals surface area contributed by atoms with Crippen molar-refractivity contribution in [2.75, 3.05) is 13.1 Å². The van der Waals surface area contributed by atoms with E-state index in [-0.39, 0.29) is 23.3 Å². The predicted molar refractivity (Wildman–Crippen MR) is 66.4 cm³/mol. The van der Waals surface area contributed by atoms with Crippen molar-refractivity contribution < 1.29 is 18.3 Å². The second kappa shape index (κ2) is 6.47. The number of amides is 1. The standard InChI is InChI=1S/C13H16F2N2O2/c14-13(15)19-11-6-2-1-5-10(11)12(18)17-9-4-3-7-16-8-9/h1-2,5-6,9,13,16H,3-4,7-8H2,(H,17,18)/t9-/m1/s1. The van der Waals surface area contributed by atoms with Gasteiger partial charge in [0.05, 0.1) is 5.56 Å². The first-order chi connectivity index (χ1) is 9.16. The van der Waals surface area contributed by atoms with Crippen LogP contribution in [0.15, 0.2) is 24.3 Å². The van der Waals surface area contributed by atoms with Gasteiger partial charge < -0.3 is 15.4 Å². The van der Waals surface area contributed by atoms with Crippen LogP contribution in [0.2, 0.25) is 0 Å². The summed E-state index contributed by atoms with van der Waals surface area (Å²) >= 11 is 0. The van der Waals surface area contributed by atoms with Gasteiger partial charge in [0.25, 0.3) is 5.91 Å². The van der Waals surface area contributed by atoms with Gasteiger partial charge in [-0.3, -0.25) is 4.79 Å². The second-order valence-corrected chi connectivity index (χ2v) is 4.39. The van der Waals surface area contributed by atoms with Gasteiger partial charge in [0.2, 0.25) is 0 Å². The number of benzene rings is 1. The molecule has 1 aliphatic rings. The first kappa shape index (κ1) is 13.7. The normalized spacial score (nSPS) is 19.2. The van der Waals surface area contributed by atoms with Crippen LogP contribution in [0.5, 0.6) is 5.75 Å². The summed E-state index contributed by atoms with van der Waals surface area (Å²) in [6.45, 7) is -1.30. The molecule has 104 valence electrons. The number of alkyl halides is 2. The van der Waals surface area contributed by atoms with Crippen LogP contribution in [0.3, 0.4) is 0 Å². The summed E-state index contributed by atoms with van der Waals surface area (Å²) in [6, 6.07) is 6.04. The number of carbonyl (C=O) groups excluding carboxylic acids is 1. The van der Waals surface area contributed by atoms with Crippen LogP contribution in [0.25, 0.3) is 0 Å². The molecule has 1 saturated heterocycles. The molecule has 0 spiro atoms.